The van der Waals surface area contributed by atoms with Crippen molar-refractivity contribution in [1.29, 1.82) is 0 Å². The summed E-state index contributed by atoms with van der Waals surface area (Å²) in [6.45, 7) is 6.39. The Morgan fingerprint density at radius 3 is 2.70 bits per heavy atom. The van der Waals surface area contributed by atoms with E-state index < -0.39 is 0 Å². The van der Waals surface area contributed by atoms with Crippen LogP contribution >= 0.6 is 0 Å². The van der Waals surface area contributed by atoms with Crippen molar-refractivity contribution < 1.29 is 9.26 Å². The average Bonchev–Trinajstić information content (AvgIpc) is 2.77. The first kappa shape index (κ1) is 14.6. The molecule has 0 bridgehead atoms. The summed E-state index contributed by atoms with van der Waals surface area (Å²) in [6, 6.07) is 8.21. The molecule has 4 nitrogen and oxygen atoms in total. The lowest BCUT2D eigenvalue weighted by Crippen LogP contribution is -2.21. The molecule has 0 fully saturated rings. The number of aromatic nitrogens is 1. The van der Waals surface area contributed by atoms with E-state index in [-0.39, 0.29) is 6.04 Å². The molecule has 108 valence electrons. The summed E-state index contributed by atoms with van der Waals surface area (Å²) in [6.07, 6.45) is 1.78. The Morgan fingerprint density at radius 2 is 2.05 bits per heavy atom. The van der Waals surface area contributed by atoms with Gasteiger partial charge in [0.05, 0.1) is 11.3 Å². The molecule has 2 rings (SSSR count). The maximum Gasteiger partial charge on any atom is 0.140 e. The van der Waals surface area contributed by atoms with E-state index in [1.54, 1.807) is 0 Å². The lowest BCUT2D eigenvalue weighted by molar-refractivity contribution is 0.298. The van der Waals surface area contributed by atoms with Gasteiger partial charge in [-0.05, 0) is 38.3 Å². The Hall–Kier alpha value is -1.81. The molecular formula is C16H22N2O2. The van der Waals surface area contributed by atoms with Gasteiger partial charge >= 0.3 is 0 Å². The number of hydrogen-bond donors (Lipinski definition) is 1. The van der Waals surface area contributed by atoms with Crippen molar-refractivity contribution >= 4 is 0 Å². The van der Waals surface area contributed by atoms with E-state index in [0.29, 0.717) is 6.61 Å². The van der Waals surface area contributed by atoms with Gasteiger partial charge in [0, 0.05) is 6.04 Å². The van der Waals surface area contributed by atoms with E-state index in [1.807, 2.05) is 32.0 Å². The van der Waals surface area contributed by atoms with Crippen LogP contribution in [0.15, 0.2) is 28.8 Å². The minimum atomic E-state index is 0.166. The zero-order chi connectivity index (χ0) is 14.5. The van der Waals surface area contributed by atoms with Crippen molar-refractivity contribution in [2.24, 2.45) is 5.73 Å². The zero-order valence-electron chi connectivity index (χ0n) is 12.3. The number of aryl methyl sites for hydroxylation is 2. The van der Waals surface area contributed by atoms with E-state index in [4.69, 9.17) is 15.0 Å². The van der Waals surface area contributed by atoms with Gasteiger partial charge in [-0.25, -0.2) is 0 Å². The molecule has 1 aromatic heterocycles. The van der Waals surface area contributed by atoms with Crippen LogP contribution in [0.5, 0.6) is 5.75 Å². The summed E-state index contributed by atoms with van der Waals surface area (Å²) in [4.78, 5) is 0. The number of ether oxygens (including phenoxy) is 1. The Bertz CT molecular complexity index is 544. The molecule has 1 unspecified atom stereocenters. The highest BCUT2D eigenvalue weighted by Crippen LogP contribution is 2.22. The molecule has 0 aliphatic rings. The molecule has 20 heavy (non-hydrogen) atoms. The zero-order valence-corrected chi connectivity index (χ0v) is 12.3. The van der Waals surface area contributed by atoms with E-state index in [0.717, 1.165) is 41.2 Å². The van der Waals surface area contributed by atoms with Crippen LogP contribution in [0, 0.1) is 13.8 Å². The van der Waals surface area contributed by atoms with Gasteiger partial charge in [-0.3, -0.25) is 0 Å². The van der Waals surface area contributed by atoms with E-state index in [9.17, 15) is 0 Å². The van der Waals surface area contributed by atoms with Crippen LogP contribution in [-0.4, -0.2) is 11.2 Å². The van der Waals surface area contributed by atoms with Crippen LogP contribution in [0.25, 0.3) is 0 Å². The molecule has 2 aromatic rings. The molecule has 0 saturated carbocycles. The Morgan fingerprint density at radius 1 is 1.30 bits per heavy atom. The SMILES string of the molecule is CCC(N)Cc1ccccc1OCc1c(C)noc1C. The average molecular weight is 274 g/mol. The standard InChI is InChI=1S/C16H22N2O2/c1-4-14(17)9-13-7-5-6-8-16(13)19-10-15-11(2)18-20-12(15)3/h5-8,14H,4,9-10,17H2,1-3H3. The second kappa shape index (κ2) is 6.57. The highest BCUT2D eigenvalue weighted by atomic mass is 16.5. The van der Waals surface area contributed by atoms with Gasteiger partial charge in [-0.15, -0.1) is 0 Å². The monoisotopic (exact) mass is 274 g/mol. The third-order valence-corrected chi connectivity index (χ3v) is 3.53. The minimum absolute atomic E-state index is 0.166. The predicted molar refractivity (Wildman–Crippen MR) is 78.7 cm³/mol. The normalized spacial score (nSPS) is 12.4. The summed E-state index contributed by atoms with van der Waals surface area (Å²) >= 11 is 0. The third-order valence-electron chi connectivity index (χ3n) is 3.53. The fraction of sp³-hybridized carbons (Fsp3) is 0.438. The van der Waals surface area contributed by atoms with Crippen molar-refractivity contribution in [2.75, 3.05) is 0 Å². The lowest BCUT2D eigenvalue weighted by Gasteiger charge is -2.14. The van der Waals surface area contributed by atoms with Gasteiger partial charge in [-0.1, -0.05) is 30.3 Å². The predicted octanol–water partition coefficient (Wildman–Crippen LogP) is 3.15. The second-order valence-corrected chi connectivity index (χ2v) is 5.07. The molecule has 1 aromatic carbocycles. The summed E-state index contributed by atoms with van der Waals surface area (Å²) < 4.78 is 11.1. The Balaban J connectivity index is 2.09. The van der Waals surface area contributed by atoms with Crippen molar-refractivity contribution in [1.82, 2.24) is 5.16 Å². The topological polar surface area (TPSA) is 61.3 Å². The van der Waals surface area contributed by atoms with Gasteiger partial charge in [0.2, 0.25) is 0 Å². The molecular weight excluding hydrogens is 252 g/mol. The summed E-state index contributed by atoms with van der Waals surface area (Å²) in [7, 11) is 0. The minimum Gasteiger partial charge on any atom is -0.488 e. The van der Waals surface area contributed by atoms with Crippen molar-refractivity contribution in [3.8, 4) is 5.75 Å². The smallest absolute Gasteiger partial charge is 0.140 e. The van der Waals surface area contributed by atoms with Crippen molar-refractivity contribution in [3.63, 3.8) is 0 Å². The number of hydrogen-bond acceptors (Lipinski definition) is 4. The van der Waals surface area contributed by atoms with E-state index >= 15 is 0 Å². The Labute approximate surface area is 119 Å². The maximum absolute atomic E-state index is 6.03. The maximum atomic E-state index is 6.03. The first-order valence-corrected chi connectivity index (χ1v) is 6.99. The summed E-state index contributed by atoms with van der Waals surface area (Å²) in [5, 5.41) is 3.94. The van der Waals surface area contributed by atoms with Gasteiger partial charge in [-0.2, -0.15) is 0 Å². The largest absolute Gasteiger partial charge is 0.488 e. The van der Waals surface area contributed by atoms with Crippen molar-refractivity contribution in [3.05, 3.63) is 46.8 Å². The number of rotatable bonds is 6. The molecule has 0 amide bonds. The molecule has 0 aliphatic carbocycles. The van der Waals surface area contributed by atoms with Crippen LogP contribution in [0.3, 0.4) is 0 Å². The van der Waals surface area contributed by atoms with Crippen LogP contribution in [-0.2, 0) is 13.0 Å². The van der Waals surface area contributed by atoms with Gasteiger partial charge in [0.25, 0.3) is 0 Å². The van der Waals surface area contributed by atoms with Crippen LogP contribution in [0.2, 0.25) is 0 Å². The molecule has 1 heterocycles. The molecule has 0 aliphatic heterocycles. The lowest BCUT2D eigenvalue weighted by atomic mass is 10.0. The summed E-state index contributed by atoms with van der Waals surface area (Å²) in [5.41, 5.74) is 9.07. The Kier molecular flexibility index (Phi) is 4.79. The molecule has 0 radical (unpaired) electrons. The number of nitrogens with zero attached hydrogens (tertiary/aromatic N) is 1. The molecule has 0 saturated heterocycles. The van der Waals surface area contributed by atoms with Gasteiger partial charge in [0.15, 0.2) is 0 Å². The third kappa shape index (κ3) is 3.39. The molecule has 0 spiro atoms. The van der Waals surface area contributed by atoms with E-state index in [2.05, 4.69) is 18.1 Å². The van der Waals surface area contributed by atoms with Gasteiger partial charge < -0.3 is 15.0 Å². The quantitative estimate of drug-likeness (QED) is 0.879. The van der Waals surface area contributed by atoms with E-state index in [1.165, 1.54) is 0 Å². The van der Waals surface area contributed by atoms with Crippen LogP contribution < -0.4 is 10.5 Å². The summed E-state index contributed by atoms with van der Waals surface area (Å²) in [5.74, 6) is 1.70. The number of para-hydroxylation sites is 1. The number of nitrogens with two attached hydrogens (primary N) is 1. The van der Waals surface area contributed by atoms with Crippen molar-refractivity contribution in [2.45, 2.75) is 46.3 Å². The van der Waals surface area contributed by atoms with Crippen LogP contribution in [0.4, 0.5) is 0 Å². The first-order valence-electron chi connectivity index (χ1n) is 6.99. The highest BCUT2D eigenvalue weighted by Gasteiger charge is 2.12. The molecule has 2 N–H and O–H groups in total. The van der Waals surface area contributed by atoms with Gasteiger partial charge in [0.1, 0.15) is 18.1 Å². The second-order valence-electron chi connectivity index (χ2n) is 5.07. The first-order chi connectivity index (χ1) is 9.61. The molecule has 1 atom stereocenters. The van der Waals surface area contributed by atoms with Crippen LogP contribution in [0.1, 0.15) is 35.9 Å². The highest BCUT2D eigenvalue weighted by molar-refractivity contribution is 5.34. The fourth-order valence-electron chi connectivity index (χ4n) is 2.10. The fourth-order valence-corrected chi connectivity index (χ4v) is 2.10. The number of benzene rings is 1. The molecule has 4 heteroatoms.